The second kappa shape index (κ2) is 8.64. The Bertz CT molecular complexity index is 614. The van der Waals surface area contributed by atoms with Crippen LogP contribution in [-0.4, -0.2) is 31.7 Å². The van der Waals surface area contributed by atoms with Gasteiger partial charge in [0.2, 0.25) is 0 Å². The summed E-state index contributed by atoms with van der Waals surface area (Å²) in [6.07, 6.45) is 0.924. The number of methoxy groups -OCH3 is 1. The number of alkyl halides is 2. The van der Waals surface area contributed by atoms with Crippen LogP contribution in [0.15, 0.2) is 48.5 Å². The highest BCUT2D eigenvalue weighted by molar-refractivity contribution is 5.28. The van der Waals surface area contributed by atoms with Crippen molar-refractivity contribution in [3.8, 4) is 11.5 Å². The van der Waals surface area contributed by atoms with Crippen molar-refractivity contribution in [2.45, 2.75) is 32.5 Å². The molecule has 3 nitrogen and oxygen atoms in total. The Labute approximate surface area is 141 Å². The zero-order valence-electron chi connectivity index (χ0n) is 14.2. The van der Waals surface area contributed by atoms with Gasteiger partial charge in [0.1, 0.15) is 11.5 Å². The highest BCUT2D eigenvalue weighted by Crippen LogP contribution is 2.18. The summed E-state index contributed by atoms with van der Waals surface area (Å²) < 4.78 is 33.8. The van der Waals surface area contributed by atoms with Gasteiger partial charge in [0, 0.05) is 12.6 Å². The monoisotopic (exact) mass is 335 g/mol. The normalized spacial score (nSPS) is 12.5. The maximum atomic E-state index is 12.2. The van der Waals surface area contributed by atoms with Crippen molar-refractivity contribution in [2.75, 3.05) is 14.2 Å². The Hall–Kier alpha value is -2.14. The van der Waals surface area contributed by atoms with Crippen LogP contribution in [0, 0.1) is 0 Å². The summed E-state index contributed by atoms with van der Waals surface area (Å²) in [6, 6.07) is 15.2. The van der Waals surface area contributed by atoms with Crippen molar-refractivity contribution in [2.24, 2.45) is 0 Å². The molecule has 130 valence electrons. The third-order valence-corrected chi connectivity index (χ3v) is 4.02. The number of rotatable bonds is 8. The van der Waals surface area contributed by atoms with E-state index < -0.39 is 6.61 Å². The van der Waals surface area contributed by atoms with Crippen LogP contribution in [0.4, 0.5) is 8.78 Å². The number of hydrogen-bond donors (Lipinski definition) is 0. The molecule has 0 N–H and O–H groups in total. The topological polar surface area (TPSA) is 21.7 Å². The number of halogens is 2. The van der Waals surface area contributed by atoms with Crippen LogP contribution in [-0.2, 0) is 13.0 Å². The zero-order chi connectivity index (χ0) is 17.5. The van der Waals surface area contributed by atoms with Crippen molar-refractivity contribution >= 4 is 0 Å². The molecule has 0 aliphatic rings. The first-order valence-corrected chi connectivity index (χ1v) is 7.85. The minimum Gasteiger partial charge on any atom is -0.497 e. The molecule has 2 rings (SSSR count). The molecule has 0 saturated heterocycles. The lowest BCUT2D eigenvalue weighted by molar-refractivity contribution is -0.0498. The van der Waals surface area contributed by atoms with E-state index in [2.05, 4.69) is 35.7 Å². The smallest absolute Gasteiger partial charge is 0.387 e. The van der Waals surface area contributed by atoms with Gasteiger partial charge >= 0.3 is 6.61 Å². The molecule has 0 amide bonds. The van der Waals surface area contributed by atoms with Gasteiger partial charge in [-0.25, -0.2) is 0 Å². The molecule has 24 heavy (non-hydrogen) atoms. The van der Waals surface area contributed by atoms with Crippen LogP contribution in [0.3, 0.4) is 0 Å². The van der Waals surface area contributed by atoms with Crippen molar-refractivity contribution < 1.29 is 18.3 Å². The van der Waals surface area contributed by atoms with Gasteiger partial charge in [-0.1, -0.05) is 24.3 Å². The van der Waals surface area contributed by atoms with Gasteiger partial charge in [-0.3, -0.25) is 4.90 Å². The molecule has 0 spiro atoms. The Morgan fingerprint density at radius 2 is 1.46 bits per heavy atom. The van der Waals surface area contributed by atoms with E-state index in [4.69, 9.17) is 4.74 Å². The first-order valence-electron chi connectivity index (χ1n) is 7.85. The van der Waals surface area contributed by atoms with Crippen LogP contribution in [0.25, 0.3) is 0 Å². The van der Waals surface area contributed by atoms with Crippen LogP contribution >= 0.6 is 0 Å². The maximum absolute atomic E-state index is 12.2. The Morgan fingerprint density at radius 3 is 2.00 bits per heavy atom. The molecule has 0 fully saturated rings. The largest absolute Gasteiger partial charge is 0.497 e. The van der Waals surface area contributed by atoms with Gasteiger partial charge in [-0.15, -0.1) is 0 Å². The molecule has 1 atom stereocenters. The van der Waals surface area contributed by atoms with Crippen LogP contribution in [0.2, 0.25) is 0 Å². The number of nitrogens with zero attached hydrogens (tertiary/aromatic N) is 1. The van der Waals surface area contributed by atoms with E-state index in [9.17, 15) is 8.78 Å². The minimum absolute atomic E-state index is 0.183. The van der Waals surface area contributed by atoms with Gasteiger partial charge in [0.05, 0.1) is 7.11 Å². The molecule has 0 aliphatic carbocycles. The average molecular weight is 335 g/mol. The van der Waals surface area contributed by atoms with E-state index in [1.807, 2.05) is 24.3 Å². The van der Waals surface area contributed by atoms with Crippen molar-refractivity contribution in [1.29, 1.82) is 0 Å². The van der Waals surface area contributed by atoms with Gasteiger partial charge in [0.25, 0.3) is 0 Å². The molecule has 1 unspecified atom stereocenters. The molecule has 0 saturated carbocycles. The standard InChI is InChI=1S/C19H23F2NO2/c1-14(12-15-4-8-17(23-3)9-5-15)22(2)13-16-6-10-18(11-7-16)24-19(20)21/h4-11,14,19H,12-13H2,1-3H3. The first kappa shape index (κ1) is 18.2. The predicted octanol–water partition coefficient (Wildman–Crippen LogP) is 4.36. The molecule has 0 bridgehead atoms. The fraction of sp³-hybridized carbons (Fsp3) is 0.368. The summed E-state index contributed by atoms with van der Waals surface area (Å²) in [5, 5.41) is 0. The molecule has 0 aliphatic heterocycles. The third-order valence-electron chi connectivity index (χ3n) is 4.02. The third kappa shape index (κ3) is 5.49. The molecule has 0 heterocycles. The fourth-order valence-electron chi connectivity index (χ4n) is 2.48. The van der Waals surface area contributed by atoms with Crippen molar-refractivity contribution in [3.05, 3.63) is 59.7 Å². The van der Waals surface area contributed by atoms with E-state index in [-0.39, 0.29) is 5.75 Å². The van der Waals surface area contributed by atoms with E-state index in [1.54, 1.807) is 19.2 Å². The SMILES string of the molecule is COc1ccc(CC(C)N(C)Cc2ccc(OC(F)F)cc2)cc1. The molecular formula is C19H23F2NO2. The summed E-state index contributed by atoms with van der Waals surface area (Å²) in [5.74, 6) is 1.04. The molecule has 5 heteroatoms. The van der Waals surface area contributed by atoms with E-state index >= 15 is 0 Å². The number of ether oxygens (including phenoxy) is 2. The fourth-order valence-corrected chi connectivity index (χ4v) is 2.48. The maximum Gasteiger partial charge on any atom is 0.387 e. The van der Waals surface area contributed by atoms with E-state index in [0.29, 0.717) is 6.04 Å². The molecule has 0 aromatic heterocycles. The molecule has 0 radical (unpaired) electrons. The lowest BCUT2D eigenvalue weighted by atomic mass is 10.1. The van der Waals surface area contributed by atoms with E-state index in [1.165, 1.54) is 5.56 Å². The lowest BCUT2D eigenvalue weighted by Gasteiger charge is -2.25. The summed E-state index contributed by atoms with van der Waals surface area (Å²) in [6.45, 7) is 0.119. The van der Waals surface area contributed by atoms with E-state index in [0.717, 1.165) is 24.3 Å². The number of hydrogen-bond acceptors (Lipinski definition) is 3. The molecule has 2 aromatic carbocycles. The second-order valence-corrected chi connectivity index (χ2v) is 5.84. The summed E-state index contributed by atoms with van der Waals surface area (Å²) in [4.78, 5) is 2.23. The Kier molecular flexibility index (Phi) is 6.55. The quantitative estimate of drug-likeness (QED) is 0.715. The molecule has 2 aromatic rings. The zero-order valence-corrected chi connectivity index (χ0v) is 14.2. The highest BCUT2D eigenvalue weighted by Gasteiger charge is 2.11. The molecular weight excluding hydrogens is 312 g/mol. The number of likely N-dealkylation sites (N-methyl/N-ethyl adjacent to an activating group) is 1. The highest BCUT2D eigenvalue weighted by atomic mass is 19.3. The Morgan fingerprint density at radius 1 is 0.917 bits per heavy atom. The Balaban J connectivity index is 1.89. The summed E-state index contributed by atoms with van der Waals surface area (Å²) in [7, 11) is 3.71. The first-order chi connectivity index (χ1) is 11.5. The predicted molar refractivity (Wildman–Crippen MR) is 90.7 cm³/mol. The lowest BCUT2D eigenvalue weighted by Crippen LogP contribution is -2.30. The van der Waals surface area contributed by atoms with Crippen LogP contribution < -0.4 is 9.47 Å². The van der Waals surface area contributed by atoms with Crippen molar-refractivity contribution in [1.82, 2.24) is 4.90 Å². The van der Waals surface area contributed by atoms with Crippen molar-refractivity contribution in [3.63, 3.8) is 0 Å². The van der Waals surface area contributed by atoms with Gasteiger partial charge in [-0.2, -0.15) is 8.78 Å². The van der Waals surface area contributed by atoms with Gasteiger partial charge in [0.15, 0.2) is 0 Å². The average Bonchev–Trinajstić information content (AvgIpc) is 2.56. The summed E-state index contributed by atoms with van der Waals surface area (Å²) in [5.41, 5.74) is 2.30. The second-order valence-electron chi connectivity index (χ2n) is 5.84. The van der Waals surface area contributed by atoms with Gasteiger partial charge in [-0.05, 0) is 55.8 Å². The summed E-state index contributed by atoms with van der Waals surface area (Å²) >= 11 is 0. The van der Waals surface area contributed by atoms with Gasteiger partial charge < -0.3 is 9.47 Å². The minimum atomic E-state index is -2.79. The number of benzene rings is 2. The van der Waals surface area contributed by atoms with Crippen LogP contribution in [0.1, 0.15) is 18.1 Å². The van der Waals surface area contributed by atoms with Crippen LogP contribution in [0.5, 0.6) is 11.5 Å².